The van der Waals surface area contributed by atoms with Crippen LogP contribution in [0, 0.1) is 19.8 Å². The first kappa shape index (κ1) is 24.9. The molecule has 0 fully saturated rings. The predicted octanol–water partition coefficient (Wildman–Crippen LogP) is 10.6. The quantitative estimate of drug-likeness (QED) is 0.232. The molecule has 0 aliphatic rings. The van der Waals surface area contributed by atoms with E-state index in [0.717, 1.165) is 34.4 Å². The lowest BCUT2D eigenvalue weighted by molar-refractivity contribution is 0.596. The van der Waals surface area contributed by atoms with E-state index < -0.39 is 0 Å². The van der Waals surface area contributed by atoms with Crippen LogP contribution < -0.4 is 0 Å². The molecule has 0 unspecified atom stereocenters. The van der Waals surface area contributed by atoms with Crippen LogP contribution in [0.4, 0.5) is 0 Å². The Kier molecular flexibility index (Phi) is 5.96. The third-order valence-corrected chi connectivity index (χ3v) is 8.87. The lowest BCUT2D eigenvalue weighted by Crippen LogP contribution is -2.12. The van der Waals surface area contributed by atoms with Crippen molar-refractivity contribution in [1.29, 1.82) is 0 Å². The van der Waals surface area contributed by atoms with Gasteiger partial charge in [-0.2, -0.15) is 0 Å². The molecule has 3 heteroatoms. The first-order valence-electron chi connectivity index (χ1n) is 13.6. The minimum absolute atomic E-state index is 0.00806. The molecule has 2 nitrogen and oxygen atoms in total. The van der Waals surface area contributed by atoms with E-state index in [-0.39, 0.29) is 5.41 Å². The molecule has 3 heterocycles. The summed E-state index contributed by atoms with van der Waals surface area (Å²) in [6.45, 7) is 15.9. The fourth-order valence-electron chi connectivity index (χ4n) is 5.81. The minimum atomic E-state index is 0.00806. The van der Waals surface area contributed by atoms with E-state index >= 15 is 0 Å². The van der Waals surface area contributed by atoms with Crippen molar-refractivity contribution in [3.63, 3.8) is 0 Å². The Bertz CT molecular complexity index is 1830. The van der Waals surface area contributed by atoms with Gasteiger partial charge in [0, 0.05) is 37.9 Å². The van der Waals surface area contributed by atoms with Gasteiger partial charge >= 0.3 is 0 Å². The van der Waals surface area contributed by atoms with Gasteiger partial charge in [0.05, 0.1) is 0 Å². The van der Waals surface area contributed by atoms with Gasteiger partial charge in [-0.25, -0.2) is 0 Å². The predicted molar refractivity (Wildman–Crippen MR) is 164 cm³/mol. The molecule has 0 saturated carbocycles. The SMILES string of the molecule is Cc1sc2c(-c3oc4c(-c5cc(C(C)(C)C)c6ccccc6c5)nccc4c3C)cccc2c1CC(C)C. The number of benzene rings is 3. The first-order valence-corrected chi connectivity index (χ1v) is 14.4. The topological polar surface area (TPSA) is 26.0 Å². The summed E-state index contributed by atoms with van der Waals surface area (Å²) in [4.78, 5) is 6.28. The minimum Gasteiger partial charge on any atom is -0.453 e. The van der Waals surface area contributed by atoms with E-state index in [0.29, 0.717) is 5.92 Å². The molecular formula is C35H35NOS. The Morgan fingerprint density at radius 2 is 1.66 bits per heavy atom. The van der Waals surface area contributed by atoms with Gasteiger partial charge in [-0.3, -0.25) is 4.98 Å². The average molecular weight is 518 g/mol. The van der Waals surface area contributed by atoms with Crippen LogP contribution in [-0.2, 0) is 11.8 Å². The van der Waals surface area contributed by atoms with E-state index in [1.165, 1.54) is 48.0 Å². The third kappa shape index (κ3) is 4.05. The lowest BCUT2D eigenvalue weighted by atomic mass is 9.82. The molecule has 0 aliphatic carbocycles. The first-order chi connectivity index (χ1) is 18.1. The van der Waals surface area contributed by atoms with Gasteiger partial charge in [0.1, 0.15) is 11.5 Å². The van der Waals surface area contributed by atoms with Crippen molar-refractivity contribution in [3.05, 3.63) is 88.4 Å². The van der Waals surface area contributed by atoms with E-state index in [1.54, 1.807) is 0 Å². The zero-order chi connectivity index (χ0) is 26.8. The number of nitrogens with zero attached hydrogens (tertiary/aromatic N) is 1. The number of aromatic nitrogens is 1. The molecule has 0 amide bonds. The van der Waals surface area contributed by atoms with E-state index in [2.05, 4.69) is 109 Å². The van der Waals surface area contributed by atoms with Crippen molar-refractivity contribution in [1.82, 2.24) is 4.98 Å². The fraction of sp³-hybridized carbons (Fsp3) is 0.286. The number of fused-ring (bicyclic) bond motifs is 3. The Labute approximate surface area is 229 Å². The highest BCUT2D eigenvalue weighted by molar-refractivity contribution is 7.19. The monoisotopic (exact) mass is 517 g/mol. The zero-order valence-electron chi connectivity index (χ0n) is 23.4. The van der Waals surface area contributed by atoms with Crippen molar-refractivity contribution in [3.8, 4) is 22.6 Å². The molecular weight excluding hydrogens is 482 g/mol. The summed E-state index contributed by atoms with van der Waals surface area (Å²) in [5, 5.41) is 5.02. The molecule has 0 radical (unpaired) electrons. The molecule has 0 aliphatic heterocycles. The van der Waals surface area contributed by atoms with Gasteiger partial charge in [0.15, 0.2) is 5.58 Å². The summed E-state index contributed by atoms with van der Waals surface area (Å²) in [5.74, 6) is 1.57. The van der Waals surface area contributed by atoms with Crippen molar-refractivity contribution >= 4 is 43.2 Å². The van der Waals surface area contributed by atoms with Gasteiger partial charge in [-0.05, 0) is 83.2 Å². The summed E-state index contributed by atoms with van der Waals surface area (Å²) >= 11 is 1.89. The third-order valence-electron chi connectivity index (χ3n) is 7.67. The second kappa shape index (κ2) is 9.10. The van der Waals surface area contributed by atoms with Crippen molar-refractivity contribution in [2.45, 2.75) is 60.3 Å². The Balaban J connectivity index is 1.58. The maximum atomic E-state index is 6.79. The fourth-order valence-corrected chi connectivity index (χ4v) is 7.00. The second-order valence-corrected chi connectivity index (χ2v) is 13.2. The van der Waals surface area contributed by atoms with Crippen molar-refractivity contribution in [2.24, 2.45) is 5.92 Å². The number of furan rings is 1. The smallest absolute Gasteiger partial charge is 0.161 e. The van der Waals surface area contributed by atoms with Gasteiger partial charge in [0.2, 0.25) is 0 Å². The molecule has 3 aromatic carbocycles. The summed E-state index contributed by atoms with van der Waals surface area (Å²) in [6, 6.07) is 22.0. The molecule has 192 valence electrons. The van der Waals surface area contributed by atoms with E-state index in [9.17, 15) is 0 Å². The lowest BCUT2D eigenvalue weighted by Gasteiger charge is -2.22. The highest BCUT2D eigenvalue weighted by atomic mass is 32.1. The van der Waals surface area contributed by atoms with Crippen molar-refractivity contribution in [2.75, 3.05) is 0 Å². The number of hydrogen-bond donors (Lipinski definition) is 0. The summed E-state index contributed by atoms with van der Waals surface area (Å²) < 4.78 is 8.11. The number of thiophene rings is 1. The standard InChI is InChI=1S/C35H35NOS/c1-20(2)17-29-22(4)38-34-27(29)13-10-14-28(34)32-21(3)25-15-16-36-31(33(25)37-32)24-18-23-11-8-9-12-26(23)30(19-24)35(5,6)7/h8-16,18-20H,17H2,1-7H3. The van der Waals surface area contributed by atoms with Gasteiger partial charge in [-0.15, -0.1) is 11.3 Å². The number of aryl methyl sites for hydroxylation is 2. The van der Waals surface area contributed by atoms with Crippen LogP contribution >= 0.6 is 11.3 Å². The van der Waals surface area contributed by atoms with Crippen LogP contribution in [0.5, 0.6) is 0 Å². The highest BCUT2D eigenvalue weighted by Crippen LogP contribution is 2.44. The second-order valence-electron chi connectivity index (χ2n) is 12.0. The van der Waals surface area contributed by atoms with Gasteiger partial charge < -0.3 is 4.42 Å². The molecule has 6 aromatic rings. The molecule has 0 saturated heterocycles. The number of hydrogen-bond acceptors (Lipinski definition) is 3. The molecule has 6 rings (SSSR count). The Hall–Kier alpha value is -3.43. The number of rotatable bonds is 4. The summed E-state index contributed by atoms with van der Waals surface area (Å²) in [5.41, 5.74) is 8.03. The van der Waals surface area contributed by atoms with Crippen LogP contribution in [0.25, 0.3) is 54.4 Å². The molecule has 0 spiro atoms. The maximum Gasteiger partial charge on any atom is 0.161 e. The van der Waals surface area contributed by atoms with Crippen molar-refractivity contribution < 1.29 is 4.42 Å². The zero-order valence-corrected chi connectivity index (χ0v) is 24.2. The van der Waals surface area contributed by atoms with Crippen LogP contribution in [0.1, 0.15) is 56.2 Å². The van der Waals surface area contributed by atoms with E-state index in [1.807, 2.05) is 17.5 Å². The Morgan fingerprint density at radius 1 is 0.895 bits per heavy atom. The van der Waals surface area contributed by atoms with E-state index in [4.69, 9.17) is 9.40 Å². The van der Waals surface area contributed by atoms with Crippen LogP contribution in [0.3, 0.4) is 0 Å². The average Bonchev–Trinajstić information content (AvgIpc) is 3.38. The number of pyridine rings is 1. The molecule has 38 heavy (non-hydrogen) atoms. The summed E-state index contributed by atoms with van der Waals surface area (Å²) in [6.07, 6.45) is 3.02. The van der Waals surface area contributed by atoms with Crippen LogP contribution in [-0.4, -0.2) is 4.98 Å². The molecule has 0 N–H and O–H groups in total. The van der Waals surface area contributed by atoms with Gasteiger partial charge in [-0.1, -0.05) is 71.0 Å². The van der Waals surface area contributed by atoms with Gasteiger partial charge in [0.25, 0.3) is 0 Å². The maximum absolute atomic E-state index is 6.79. The largest absolute Gasteiger partial charge is 0.453 e. The normalized spacial score (nSPS) is 12.4. The highest BCUT2D eigenvalue weighted by Gasteiger charge is 2.23. The molecule has 3 aromatic heterocycles. The van der Waals surface area contributed by atoms with Crippen LogP contribution in [0.2, 0.25) is 0 Å². The molecule has 0 atom stereocenters. The Morgan fingerprint density at radius 3 is 2.42 bits per heavy atom. The summed E-state index contributed by atoms with van der Waals surface area (Å²) in [7, 11) is 0. The molecule has 0 bridgehead atoms. The van der Waals surface area contributed by atoms with Crippen LogP contribution in [0.15, 0.2) is 71.3 Å².